The lowest BCUT2D eigenvalue weighted by atomic mass is 10.6. The highest BCUT2D eigenvalue weighted by atomic mass is 32.2. The maximum atomic E-state index is 5.23. The second-order valence-corrected chi connectivity index (χ2v) is 2.44. The predicted octanol–water partition coefficient (Wildman–Crippen LogP) is 1.31. The van der Waals surface area contributed by atoms with Crippen molar-refractivity contribution in [2.75, 3.05) is 13.7 Å². The summed E-state index contributed by atoms with van der Waals surface area (Å²) >= 11 is 1.48. The first kappa shape index (κ1) is 8.59. The molecule has 0 aromatic carbocycles. The van der Waals surface area contributed by atoms with Crippen LogP contribution in [0.5, 0.6) is 0 Å². The van der Waals surface area contributed by atoms with Crippen molar-refractivity contribution >= 4 is 11.8 Å². The van der Waals surface area contributed by atoms with E-state index >= 15 is 0 Å². The van der Waals surface area contributed by atoms with E-state index in [2.05, 4.69) is 6.58 Å². The molecule has 0 aliphatic carbocycles. The van der Waals surface area contributed by atoms with Gasteiger partial charge in [0.25, 0.3) is 0 Å². The molecule has 0 bridgehead atoms. The highest BCUT2D eigenvalue weighted by Gasteiger charge is 1.90. The van der Waals surface area contributed by atoms with Gasteiger partial charge in [0.05, 0.1) is 6.61 Å². The zero-order chi connectivity index (χ0) is 7.11. The molecule has 2 N–H and O–H groups in total. The molecule has 0 fully saturated rings. The number of nitrogens with two attached hydrogens (primary N) is 1. The molecule has 0 aliphatic rings. The summed E-state index contributed by atoms with van der Waals surface area (Å²) < 4.78 is 4.83. The van der Waals surface area contributed by atoms with Crippen molar-refractivity contribution in [2.45, 2.75) is 0 Å². The molecule has 0 aliphatic heterocycles. The Bertz CT molecular complexity index is 112. The van der Waals surface area contributed by atoms with Gasteiger partial charge in [-0.2, -0.15) is 0 Å². The summed E-state index contributed by atoms with van der Waals surface area (Å²) in [6, 6.07) is 0. The van der Waals surface area contributed by atoms with Crippen molar-refractivity contribution in [1.29, 1.82) is 0 Å². The summed E-state index contributed by atoms with van der Waals surface area (Å²) in [5.74, 6) is 0. The van der Waals surface area contributed by atoms with Gasteiger partial charge in [-0.05, 0) is 5.41 Å². The molecule has 2 nitrogen and oxygen atoms in total. The van der Waals surface area contributed by atoms with E-state index in [0.717, 1.165) is 4.91 Å². The van der Waals surface area contributed by atoms with Crippen LogP contribution < -0.4 is 5.73 Å². The van der Waals surface area contributed by atoms with Gasteiger partial charge in [-0.15, -0.1) is 0 Å². The molecular formula is C6H11NOS. The number of hydrogen-bond acceptors (Lipinski definition) is 3. The number of hydrogen-bond donors (Lipinski definition) is 1. The minimum Gasteiger partial charge on any atom is -0.404 e. The molecule has 3 heteroatoms. The summed E-state index contributed by atoms with van der Waals surface area (Å²) in [6.07, 6.45) is 1.52. The maximum Gasteiger partial charge on any atom is 0.0789 e. The van der Waals surface area contributed by atoms with Crippen LogP contribution in [0.1, 0.15) is 0 Å². The van der Waals surface area contributed by atoms with Crippen molar-refractivity contribution in [3.63, 3.8) is 0 Å². The van der Waals surface area contributed by atoms with E-state index in [4.69, 9.17) is 10.5 Å². The molecule has 0 atom stereocenters. The van der Waals surface area contributed by atoms with Gasteiger partial charge in [0.2, 0.25) is 0 Å². The minimum absolute atomic E-state index is 0.563. The summed E-state index contributed by atoms with van der Waals surface area (Å²) in [6.45, 7) is 4.10. The van der Waals surface area contributed by atoms with Crippen LogP contribution in [0.4, 0.5) is 0 Å². The fraction of sp³-hybridized carbons (Fsp3) is 0.333. The molecular weight excluding hydrogens is 134 g/mol. The number of rotatable bonds is 4. The van der Waals surface area contributed by atoms with Crippen LogP contribution in [0, 0.1) is 0 Å². The normalized spacial score (nSPS) is 11.4. The smallest absolute Gasteiger partial charge is 0.0789 e. The molecule has 0 aromatic heterocycles. The third-order valence-electron chi connectivity index (χ3n) is 0.707. The Morgan fingerprint density at radius 2 is 2.56 bits per heavy atom. The summed E-state index contributed by atoms with van der Waals surface area (Å²) in [7, 11) is 1.63. The quantitative estimate of drug-likeness (QED) is 0.647. The average molecular weight is 145 g/mol. The van der Waals surface area contributed by atoms with E-state index in [0.29, 0.717) is 6.61 Å². The van der Waals surface area contributed by atoms with Gasteiger partial charge in [0.15, 0.2) is 0 Å². The van der Waals surface area contributed by atoms with E-state index in [-0.39, 0.29) is 0 Å². The van der Waals surface area contributed by atoms with Gasteiger partial charge in [-0.3, -0.25) is 0 Å². The lowest BCUT2D eigenvalue weighted by Crippen LogP contribution is -1.92. The zero-order valence-corrected chi connectivity index (χ0v) is 6.28. The van der Waals surface area contributed by atoms with Crippen molar-refractivity contribution in [3.8, 4) is 0 Å². The Hall–Kier alpha value is -0.410. The predicted molar refractivity (Wildman–Crippen MR) is 41.9 cm³/mol. The third kappa shape index (κ3) is 4.12. The van der Waals surface area contributed by atoms with Crippen molar-refractivity contribution in [3.05, 3.63) is 23.1 Å². The first-order valence-corrected chi connectivity index (χ1v) is 3.40. The van der Waals surface area contributed by atoms with E-state index in [1.165, 1.54) is 18.0 Å². The van der Waals surface area contributed by atoms with Crippen LogP contribution in [0.2, 0.25) is 0 Å². The Labute approximate surface area is 59.8 Å². The highest BCUT2D eigenvalue weighted by Crippen LogP contribution is 2.13. The maximum absolute atomic E-state index is 5.23. The summed E-state index contributed by atoms with van der Waals surface area (Å²) in [4.78, 5) is 0.979. The second-order valence-electron chi connectivity index (χ2n) is 1.35. The zero-order valence-electron chi connectivity index (χ0n) is 5.46. The summed E-state index contributed by atoms with van der Waals surface area (Å²) in [5.41, 5.74) is 5.23. The molecule has 0 aromatic rings. The highest BCUT2D eigenvalue weighted by molar-refractivity contribution is 8.05. The molecule has 0 heterocycles. The van der Waals surface area contributed by atoms with Gasteiger partial charge >= 0.3 is 0 Å². The van der Waals surface area contributed by atoms with Gasteiger partial charge in [-0.25, -0.2) is 0 Å². The molecule has 0 saturated heterocycles. The van der Waals surface area contributed by atoms with Gasteiger partial charge in [0, 0.05) is 18.2 Å². The van der Waals surface area contributed by atoms with Crippen LogP contribution >= 0.6 is 11.8 Å². The van der Waals surface area contributed by atoms with Crippen molar-refractivity contribution in [2.24, 2.45) is 5.73 Å². The largest absolute Gasteiger partial charge is 0.404 e. The molecule has 0 rings (SSSR count). The first-order valence-electron chi connectivity index (χ1n) is 2.52. The van der Waals surface area contributed by atoms with Crippen LogP contribution in [-0.4, -0.2) is 13.7 Å². The van der Waals surface area contributed by atoms with E-state index < -0.39 is 0 Å². The molecule has 52 valence electrons. The van der Waals surface area contributed by atoms with E-state index in [1.807, 2.05) is 0 Å². The van der Waals surface area contributed by atoms with Gasteiger partial charge in [0.1, 0.15) is 0 Å². The number of thioether (sulfide) groups is 1. The standard InChI is InChI=1S/C6H11NOS/c1-3-9-6(4-7)5-8-2/h3-4H,1,5,7H2,2H3/b6-4-. The molecule has 0 spiro atoms. The fourth-order valence-corrected chi connectivity index (χ4v) is 0.849. The average Bonchev–Trinajstić information content (AvgIpc) is 1.88. The third-order valence-corrected chi connectivity index (χ3v) is 1.43. The first-order chi connectivity index (χ1) is 4.35. The Balaban J connectivity index is 3.55. The van der Waals surface area contributed by atoms with Crippen LogP contribution in [-0.2, 0) is 4.74 Å². The molecule has 0 radical (unpaired) electrons. The lowest BCUT2D eigenvalue weighted by Gasteiger charge is -1.98. The van der Waals surface area contributed by atoms with Crippen molar-refractivity contribution < 1.29 is 4.74 Å². The number of ether oxygens (including phenoxy) is 1. The Kier molecular flexibility index (Phi) is 5.46. The van der Waals surface area contributed by atoms with E-state index in [1.54, 1.807) is 12.5 Å². The van der Waals surface area contributed by atoms with Crippen LogP contribution in [0.25, 0.3) is 0 Å². The Morgan fingerprint density at radius 1 is 1.89 bits per heavy atom. The van der Waals surface area contributed by atoms with Crippen molar-refractivity contribution in [1.82, 2.24) is 0 Å². The van der Waals surface area contributed by atoms with Crippen LogP contribution in [0.3, 0.4) is 0 Å². The lowest BCUT2D eigenvalue weighted by molar-refractivity contribution is 0.231. The molecule has 9 heavy (non-hydrogen) atoms. The van der Waals surface area contributed by atoms with E-state index in [9.17, 15) is 0 Å². The number of methoxy groups -OCH3 is 1. The molecule has 0 amide bonds. The second kappa shape index (κ2) is 5.72. The SMILES string of the molecule is C=CS/C(=C\N)COC. The molecule has 0 unspecified atom stereocenters. The molecule has 0 saturated carbocycles. The monoisotopic (exact) mass is 145 g/mol. The van der Waals surface area contributed by atoms with Crippen LogP contribution in [0.15, 0.2) is 23.1 Å². The summed E-state index contributed by atoms with van der Waals surface area (Å²) in [5, 5.41) is 1.72. The Morgan fingerprint density at radius 3 is 2.89 bits per heavy atom. The van der Waals surface area contributed by atoms with Gasteiger partial charge in [-0.1, -0.05) is 18.3 Å². The fourth-order valence-electron chi connectivity index (χ4n) is 0.371. The minimum atomic E-state index is 0.563. The topological polar surface area (TPSA) is 35.2 Å². The van der Waals surface area contributed by atoms with Gasteiger partial charge < -0.3 is 10.5 Å².